The van der Waals surface area contributed by atoms with Gasteiger partial charge in [0.1, 0.15) is 5.75 Å². The van der Waals surface area contributed by atoms with Crippen LogP contribution in [0.3, 0.4) is 0 Å². The van der Waals surface area contributed by atoms with Crippen molar-refractivity contribution >= 4 is 5.96 Å². The number of halogens is 2. The maximum absolute atomic E-state index is 12.2. The molecule has 1 N–H and O–H groups in total. The summed E-state index contributed by atoms with van der Waals surface area (Å²) < 4.78 is 33.8. The molecule has 142 valence electrons. The molecule has 5 nitrogen and oxygen atoms in total. The van der Waals surface area contributed by atoms with Crippen molar-refractivity contribution in [3.05, 3.63) is 29.8 Å². The molecule has 0 aliphatic rings. The van der Waals surface area contributed by atoms with E-state index in [9.17, 15) is 8.78 Å². The number of benzene rings is 1. The van der Waals surface area contributed by atoms with Crippen molar-refractivity contribution in [1.82, 2.24) is 10.2 Å². The highest BCUT2D eigenvalue weighted by Gasteiger charge is 2.08. The minimum atomic E-state index is -2.80. The maximum Gasteiger partial charge on any atom is 0.387 e. The standard InChI is InChI=1S/C18H29F2N3O2/c1-4-21-18(22-12-6-5-7-13-24-3)23(2)14-15-8-10-16(11-9-15)25-17(19)20/h8-11,17H,4-7,12-14H2,1-3H3,(H,21,22). The molecule has 0 saturated carbocycles. The lowest BCUT2D eigenvalue weighted by atomic mass is 10.2. The van der Waals surface area contributed by atoms with Crippen molar-refractivity contribution in [3.63, 3.8) is 0 Å². The first kappa shape index (κ1) is 21.2. The second-order valence-electron chi connectivity index (χ2n) is 5.67. The van der Waals surface area contributed by atoms with Crippen LogP contribution in [0.1, 0.15) is 31.7 Å². The van der Waals surface area contributed by atoms with Gasteiger partial charge in [-0.2, -0.15) is 8.78 Å². The number of methoxy groups -OCH3 is 1. The van der Waals surface area contributed by atoms with Crippen LogP contribution < -0.4 is 10.1 Å². The van der Waals surface area contributed by atoms with Gasteiger partial charge in [-0.1, -0.05) is 12.1 Å². The molecule has 0 fully saturated rings. The Morgan fingerprint density at radius 3 is 2.52 bits per heavy atom. The van der Waals surface area contributed by atoms with Gasteiger partial charge in [-0.3, -0.25) is 4.99 Å². The van der Waals surface area contributed by atoms with Gasteiger partial charge < -0.3 is 19.7 Å². The summed E-state index contributed by atoms with van der Waals surface area (Å²) >= 11 is 0. The van der Waals surface area contributed by atoms with E-state index in [-0.39, 0.29) is 5.75 Å². The molecule has 0 aromatic heterocycles. The first-order valence-corrected chi connectivity index (χ1v) is 8.59. The van der Waals surface area contributed by atoms with E-state index in [1.807, 2.05) is 18.9 Å². The van der Waals surface area contributed by atoms with Crippen molar-refractivity contribution < 1.29 is 18.3 Å². The number of nitrogens with zero attached hydrogens (tertiary/aromatic N) is 2. The minimum absolute atomic E-state index is 0.165. The molecule has 0 atom stereocenters. The number of ether oxygens (including phenoxy) is 2. The predicted molar refractivity (Wildman–Crippen MR) is 96.2 cm³/mol. The molecule has 0 unspecified atom stereocenters. The van der Waals surface area contributed by atoms with E-state index in [1.54, 1.807) is 31.4 Å². The van der Waals surface area contributed by atoms with Crippen LogP contribution in [0.25, 0.3) is 0 Å². The molecular weight excluding hydrogens is 328 g/mol. The maximum atomic E-state index is 12.2. The summed E-state index contributed by atoms with van der Waals surface area (Å²) in [6, 6.07) is 6.66. The zero-order chi connectivity index (χ0) is 18.5. The predicted octanol–water partition coefficient (Wildman–Crippen LogP) is 3.50. The zero-order valence-corrected chi connectivity index (χ0v) is 15.3. The molecule has 7 heteroatoms. The molecule has 25 heavy (non-hydrogen) atoms. The molecule has 0 spiro atoms. The Hall–Kier alpha value is -1.89. The van der Waals surface area contributed by atoms with E-state index in [4.69, 9.17) is 4.74 Å². The molecule has 0 amide bonds. The monoisotopic (exact) mass is 357 g/mol. The van der Waals surface area contributed by atoms with Crippen molar-refractivity contribution in [3.8, 4) is 5.75 Å². The zero-order valence-electron chi connectivity index (χ0n) is 15.3. The number of unbranched alkanes of at least 4 members (excludes halogenated alkanes) is 2. The Balaban J connectivity index is 2.52. The first-order valence-electron chi connectivity index (χ1n) is 8.59. The fourth-order valence-electron chi connectivity index (χ4n) is 2.31. The number of hydrogen-bond acceptors (Lipinski definition) is 3. The van der Waals surface area contributed by atoms with E-state index in [1.165, 1.54) is 0 Å². The van der Waals surface area contributed by atoms with Crippen molar-refractivity contribution in [1.29, 1.82) is 0 Å². The lowest BCUT2D eigenvalue weighted by Gasteiger charge is -2.22. The average Bonchev–Trinajstić information content (AvgIpc) is 2.58. The Labute approximate surface area is 149 Å². The Morgan fingerprint density at radius 2 is 1.92 bits per heavy atom. The number of rotatable bonds is 11. The third kappa shape index (κ3) is 9.24. The van der Waals surface area contributed by atoms with Gasteiger partial charge >= 0.3 is 6.61 Å². The molecule has 0 radical (unpaired) electrons. The molecule has 1 aromatic rings. The van der Waals surface area contributed by atoms with Crippen LogP contribution in [-0.2, 0) is 11.3 Å². The van der Waals surface area contributed by atoms with Gasteiger partial charge in [-0.05, 0) is 43.9 Å². The number of hydrogen-bond donors (Lipinski definition) is 1. The Morgan fingerprint density at radius 1 is 1.20 bits per heavy atom. The normalized spacial score (nSPS) is 11.7. The summed E-state index contributed by atoms with van der Waals surface area (Å²) in [6.07, 6.45) is 3.16. The lowest BCUT2D eigenvalue weighted by molar-refractivity contribution is -0.0498. The minimum Gasteiger partial charge on any atom is -0.435 e. The number of alkyl halides is 2. The topological polar surface area (TPSA) is 46.1 Å². The highest BCUT2D eigenvalue weighted by atomic mass is 19.3. The molecule has 0 saturated heterocycles. The van der Waals surface area contributed by atoms with Crippen LogP contribution in [0.5, 0.6) is 5.75 Å². The van der Waals surface area contributed by atoms with Gasteiger partial charge in [0.2, 0.25) is 0 Å². The second-order valence-corrected chi connectivity index (χ2v) is 5.67. The molecule has 1 aromatic carbocycles. The van der Waals surface area contributed by atoms with E-state index in [0.717, 1.165) is 50.5 Å². The first-order chi connectivity index (χ1) is 12.1. The highest BCUT2D eigenvalue weighted by molar-refractivity contribution is 5.79. The van der Waals surface area contributed by atoms with Gasteiger partial charge in [0.25, 0.3) is 0 Å². The fourth-order valence-corrected chi connectivity index (χ4v) is 2.31. The summed E-state index contributed by atoms with van der Waals surface area (Å²) in [6.45, 7) is 2.19. The van der Waals surface area contributed by atoms with E-state index < -0.39 is 6.61 Å². The average molecular weight is 357 g/mol. The molecule has 1 rings (SSSR count). The molecule has 0 aliphatic heterocycles. The third-order valence-corrected chi connectivity index (χ3v) is 3.53. The smallest absolute Gasteiger partial charge is 0.387 e. The van der Waals surface area contributed by atoms with Gasteiger partial charge in [-0.15, -0.1) is 0 Å². The summed E-state index contributed by atoms with van der Waals surface area (Å²) in [5.41, 5.74) is 0.995. The summed E-state index contributed by atoms with van der Waals surface area (Å²) in [7, 11) is 3.67. The van der Waals surface area contributed by atoms with Crippen molar-refractivity contribution in [2.75, 3.05) is 33.9 Å². The fraction of sp³-hybridized carbons (Fsp3) is 0.611. The van der Waals surface area contributed by atoms with E-state index >= 15 is 0 Å². The van der Waals surface area contributed by atoms with Crippen LogP contribution >= 0.6 is 0 Å². The number of aliphatic imine (C=N–C) groups is 1. The number of nitrogens with one attached hydrogen (secondary N) is 1. The molecule has 0 heterocycles. The van der Waals surface area contributed by atoms with E-state index in [0.29, 0.717) is 6.54 Å². The van der Waals surface area contributed by atoms with Crippen LogP contribution in [0.15, 0.2) is 29.3 Å². The van der Waals surface area contributed by atoms with Gasteiger partial charge in [0.15, 0.2) is 5.96 Å². The summed E-state index contributed by atoms with van der Waals surface area (Å²) in [5.74, 6) is 1.00. The highest BCUT2D eigenvalue weighted by Crippen LogP contribution is 2.15. The largest absolute Gasteiger partial charge is 0.435 e. The molecular formula is C18H29F2N3O2. The molecule has 0 aliphatic carbocycles. The summed E-state index contributed by atoms with van der Waals surface area (Å²) in [5, 5.41) is 3.27. The van der Waals surface area contributed by atoms with Gasteiger partial charge in [-0.25, -0.2) is 0 Å². The lowest BCUT2D eigenvalue weighted by Crippen LogP contribution is -2.38. The van der Waals surface area contributed by atoms with Crippen LogP contribution in [0, 0.1) is 0 Å². The van der Waals surface area contributed by atoms with Gasteiger partial charge in [0.05, 0.1) is 0 Å². The van der Waals surface area contributed by atoms with Crippen LogP contribution in [0.4, 0.5) is 8.78 Å². The quantitative estimate of drug-likeness (QED) is 0.374. The van der Waals surface area contributed by atoms with Crippen LogP contribution in [0.2, 0.25) is 0 Å². The van der Waals surface area contributed by atoms with E-state index in [2.05, 4.69) is 15.0 Å². The van der Waals surface area contributed by atoms with Crippen LogP contribution in [-0.4, -0.2) is 51.3 Å². The van der Waals surface area contributed by atoms with Crippen molar-refractivity contribution in [2.45, 2.75) is 39.3 Å². The number of guanidine groups is 1. The second kappa shape index (κ2) is 12.5. The Kier molecular flexibility index (Phi) is 10.6. The Bertz CT molecular complexity index is 496. The molecule has 0 bridgehead atoms. The van der Waals surface area contributed by atoms with Crippen molar-refractivity contribution in [2.24, 2.45) is 4.99 Å². The third-order valence-electron chi connectivity index (χ3n) is 3.53. The SMILES string of the molecule is CCNC(=NCCCCCOC)N(C)Cc1ccc(OC(F)F)cc1. The van der Waals surface area contributed by atoms with Gasteiger partial charge in [0, 0.05) is 40.4 Å². The summed E-state index contributed by atoms with van der Waals surface area (Å²) in [4.78, 5) is 6.65.